The minimum Gasteiger partial charge on any atom is -0.467 e. The summed E-state index contributed by atoms with van der Waals surface area (Å²) in [6, 6.07) is 16.9. The number of fused-ring (bicyclic) bond motifs is 1. The zero-order valence-corrected chi connectivity index (χ0v) is 13.8. The van der Waals surface area contributed by atoms with E-state index in [1.807, 2.05) is 42.5 Å². The monoisotopic (exact) mass is 344 g/mol. The SMILES string of the molecule is O=C(NCc1ccco1)c1ccc2cncc(Nc3ccccc3)c2n1. The summed E-state index contributed by atoms with van der Waals surface area (Å²) in [7, 11) is 0. The summed E-state index contributed by atoms with van der Waals surface area (Å²) in [4.78, 5) is 21.2. The zero-order valence-electron chi connectivity index (χ0n) is 13.8. The van der Waals surface area contributed by atoms with Crippen LogP contribution in [0.4, 0.5) is 11.4 Å². The van der Waals surface area contributed by atoms with E-state index >= 15 is 0 Å². The van der Waals surface area contributed by atoms with Gasteiger partial charge in [0.05, 0.1) is 30.2 Å². The molecule has 3 aromatic heterocycles. The number of amides is 1. The van der Waals surface area contributed by atoms with Crippen molar-refractivity contribution in [1.82, 2.24) is 15.3 Å². The molecular formula is C20H16N4O2. The second-order valence-corrected chi connectivity index (χ2v) is 5.71. The maximum absolute atomic E-state index is 12.4. The lowest BCUT2D eigenvalue weighted by atomic mass is 10.2. The molecule has 0 aliphatic heterocycles. The molecule has 0 radical (unpaired) electrons. The van der Waals surface area contributed by atoms with Crippen LogP contribution >= 0.6 is 0 Å². The Bertz CT molecular complexity index is 1030. The Morgan fingerprint density at radius 3 is 2.69 bits per heavy atom. The molecule has 128 valence electrons. The third kappa shape index (κ3) is 3.39. The van der Waals surface area contributed by atoms with Crippen molar-refractivity contribution < 1.29 is 9.21 Å². The smallest absolute Gasteiger partial charge is 0.270 e. The molecule has 0 fully saturated rings. The average molecular weight is 344 g/mol. The fourth-order valence-corrected chi connectivity index (χ4v) is 2.61. The highest BCUT2D eigenvalue weighted by Gasteiger charge is 2.11. The van der Waals surface area contributed by atoms with E-state index < -0.39 is 0 Å². The van der Waals surface area contributed by atoms with Crippen LogP contribution in [-0.2, 0) is 6.54 Å². The highest BCUT2D eigenvalue weighted by atomic mass is 16.3. The third-order valence-electron chi connectivity index (χ3n) is 3.89. The molecule has 2 N–H and O–H groups in total. The van der Waals surface area contributed by atoms with E-state index in [9.17, 15) is 4.79 Å². The number of rotatable bonds is 5. The summed E-state index contributed by atoms with van der Waals surface area (Å²) in [6.07, 6.45) is 5.00. The van der Waals surface area contributed by atoms with Crippen molar-refractivity contribution in [3.05, 3.63) is 84.7 Å². The van der Waals surface area contributed by atoms with Gasteiger partial charge in [-0.2, -0.15) is 0 Å². The summed E-state index contributed by atoms with van der Waals surface area (Å²) >= 11 is 0. The van der Waals surface area contributed by atoms with E-state index in [0.717, 1.165) is 16.8 Å². The molecule has 0 saturated carbocycles. The number of carbonyl (C=O) groups excluding carboxylic acids is 1. The topological polar surface area (TPSA) is 80.0 Å². The molecule has 0 bridgehead atoms. The fourth-order valence-electron chi connectivity index (χ4n) is 2.61. The minimum absolute atomic E-state index is 0.259. The molecule has 3 heterocycles. The number of para-hydroxylation sites is 1. The predicted octanol–water partition coefficient (Wildman–Crippen LogP) is 3.90. The normalized spacial score (nSPS) is 10.6. The molecule has 0 aliphatic rings. The van der Waals surface area contributed by atoms with Gasteiger partial charge < -0.3 is 15.1 Å². The van der Waals surface area contributed by atoms with Gasteiger partial charge in [0.25, 0.3) is 5.91 Å². The van der Waals surface area contributed by atoms with Crippen molar-refractivity contribution in [3.63, 3.8) is 0 Å². The van der Waals surface area contributed by atoms with Crippen molar-refractivity contribution in [2.45, 2.75) is 6.54 Å². The van der Waals surface area contributed by atoms with Crippen LogP contribution < -0.4 is 10.6 Å². The van der Waals surface area contributed by atoms with E-state index in [1.54, 1.807) is 30.8 Å². The first kappa shape index (κ1) is 15.8. The highest BCUT2D eigenvalue weighted by molar-refractivity contribution is 5.97. The van der Waals surface area contributed by atoms with Gasteiger partial charge in [-0.05, 0) is 36.4 Å². The number of benzene rings is 1. The summed E-state index contributed by atoms with van der Waals surface area (Å²) in [5.74, 6) is 0.431. The summed E-state index contributed by atoms with van der Waals surface area (Å²) in [6.45, 7) is 0.316. The van der Waals surface area contributed by atoms with Crippen LogP contribution in [0.15, 0.2) is 77.7 Å². The van der Waals surface area contributed by atoms with Crippen molar-refractivity contribution in [1.29, 1.82) is 0 Å². The summed E-state index contributed by atoms with van der Waals surface area (Å²) in [5.41, 5.74) is 2.70. The van der Waals surface area contributed by atoms with Crippen LogP contribution in [0.3, 0.4) is 0 Å². The van der Waals surface area contributed by atoms with Gasteiger partial charge in [-0.15, -0.1) is 0 Å². The second kappa shape index (κ2) is 7.06. The number of pyridine rings is 2. The van der Waals surface area contributed by atoms with E-state index in [-0.39, 0.29) is 5.91 Å². The Hall–Kier alpha value is -3.67. The van der Waals surface area contributed by atoms with Crippen LogP contribution in [0.25, 0.3) is 10.9 Å². The maximum Gasteiger partial charge on any atom is 0.270 e. The number of anilines is 2. The van der Waals surface area contributed by atoms with E-state index in [2.05, 4.69) is 20.6 Å². The predicted molar refractivity (Wildman–Crippen MR) is 99.1 cm³/mol. The van der Waals surface area contributed by atoms with Gasteiger partial charge >= 0.3 is 0 Å². The van der Waals surface area contributed by atoms with E-state index in [1.165, 1.54) is 0 Å². The molecule has 0 unspecified atom stereocenters. The molecule has 6 heteroatoms. The molecule has 1 amide bonds. The quantitative estimate of drug-likeness (QED) is 0.574. The molecule has 6 nitrogen and oxygen atoms in total. The lowest BCUT2D eigenvalue weighted by Gasteiger charge is -2.10. The maximum atomic E-state index is 12.4. The van der Waals surface area contributed by atoms with Crippen molar-refractivity contribution in [2.75, 3.05) is 5.32 Å². The van der Waals surface area contributed by atoms with Crippen molar-refractivity contribution in [2.24, 2.45) is 0 Å². The van der Waals surface area contributed by atoms with Gasteiger partial charge in [-0.25, -0.2) is 4.98 Å². The molecule has 1 aromatic carbocycles. The first-order valence-electron chi connectivity index (χ1n) is 8.17. The standard InChI is InChI=1S/C20H16N4O2/c25-20(22-12-16-7-4-10-26-16)17-9-8-14-11-21-13-18(19(14)24-17)23-15-5-2-1-3-6-15/h1-11,13,23H,12H2,(H,22,25). The van der Waals surface area contributed by atoms with Gasteiger partial charge in [-0.3, -0.25) is 9.78 Å². The Morgan fingerprint density at radius 1 is 1.00 bits per heavy atom. The second-order valence-electron chi connectivity index (χ2n) is 5.71. The molecule has 0 atom stereocenters. The molecular weight excluding hydrogens is 328 g/mol. The van der Waals surface area contributed by atoms with Gasteiger partial charge in [0, 0.05) is 17.3 Å². The van der Waals surface area contributed by atoms with Crippen LogP contribution in [0.2, 0.25) is 0 Å². The molecule has 0 aliphatic carbocycles. The number of hydrogen-bond acceptors (Lipinski definition) is 5. The number of hydrogen-bond donors (Lipinski definition) is 2. The molecule has 0 spiro atoms. The van der Waals surface area contributed by atoms with Gasteiger partial charge in [-0.1, -0.05) is 18.2 Å². The van der Waals surface area contributed by atoms with Crippen molar-refractivity contribution >= 4 is 28.2 Å². The minimum atomic E-state index is -0.259. The van der Waals surface area contributed by atoms with Crippen LogP contribution in [0, 0.1) is 0 Å². The van der Waals surface area contributed by atoms with E-state index in [4.69, 9.17) is 4.42 Å². The molecule has 4 aromatic rings. The van der Waals surface area contributed by atoms with Crippen LogP contribution in [-0.4, -0.2) is 15.9 Å². The summed E-state index contributed by atoms with van der Waals surface area (Å²) < 4.78 is 5.22. The number of furan rings is 1. The van der Waals surface area contributed by atoms with Gasteiger partial charge in [0.1, 0.15) is 11.5 Å². The lowest BCUT2D eigenvalue weighted by molar-refractivity contribution is 0.0943. The van der Waals surface area contributed by atoms with Crippen LogP contribution in [0.5, 0.6) is 0 Å². The van der Waals surface area contributed by atoms with Crippen LogP contribution in [0.1, 0.15) is 16.2 Å². The van der Waals surface area contributed by atoms with Gasteiger partial charge in [0.2, 0.25) is 0 Å². The molecule has 4 rings (SSSR count). The first-order valence-corrected chi connectivity index (χ1v) is 8.17. The number of carbonyl (C=O) groups is 1. The number of aromatic nitrogens is 2. The largest absolute Gasteiger partial charge is 0.467 e. The van der Waals surface area contributed by atoms with Gasteiger partial charge in [0.15, 0.2) is 0 Å². The fraction of sp³-hybridized carbons (Fsp3) is 0.0500. The average Bonchev–Trinajstić information content (AvgIpc) is 3.20. The van der Waals surface area contributed by atoms with Crippen molar-refractivity contribution in [3.8, 4) is 0 Å². The van der Waals surface area contributed by atoms with E-state index in [0.29, 0.717) is 23.5 Å². The first-order chi connectivity index (χ1) is 12.8. The zero-order chi connectivity index (χ0) is 17.8. The summed E-state index contributed by atoms with van der Waals surface area (Å²) in [5, 5.41) is 6.95. The highest BCUT2D eigenvalue weighted by Crippen LogP contribution is 2.24. The Kier molecular flexibility index (Phi) is 4.30. The lowest BCUT2D eigenvalue weighted by Crippen LogP contribution is -2.23. The number of nitrogens with one attached hydrogen (secondary N) is 2. The Balaban J connectivity index is 1.61. The Morgan fingerprint density at radius 2 is 1.88 bits per heavy atom. The Labute approximate surface area is 149 Å². The molecule has 26 heavy (non-hydrogen) atoms. The number of nitrogens with zero attached hydrogens (tertiary/aromatic N) is 2. The molecule has 0 saturated heterocycles. The third-order valence-corrected chi connectivity index (χ3v) is 3.89.